The van der Waals surface area contributed by atoms with Crippen LogP contribution in [0.3, 0.4) is 0 Å². The summed E-state index contributed by atoms with van der Waals surface area (Å²) in [5, 5.41) is 4.97. The third-order valence-corrected chi connectivity index (χ3v) is 4.32. The predicted octanol–water partition coefficient (Wildman–Crippen LogP) is 4.47. The second-order valence-corrected chi connectivity index (χ2v) is 6.68. The molecule has 2 aromatic rings. The molecule has 1 aliphatic carbocycles. The van der Waals surface area contributed by atoms with Gasteiger partial charge in [-0.2, -0.15) is 0 Å². The average molecular weight is 254 g/mol. The van der Waals surface area contributed by atoms with Gasteiger partial charge in [0.15, 0.2) is 0 Å². The zero-order chi connectivity index (χ0) is 13.5. The second kappa shape index (κ2) is 4.52. The Hall–Kier alpha value is -1.57. The number of nitrogens with one attached hydrogen (secondary N) is 1. The molecule has 2 heteroatoms. The molecule has 2 atom stereocenters. The van der Waals surface area contributed by atoms with Crippen molar-refractivity contribution < 1.29 is 0 Å². The monoisotopic (exact) mass is 254 g/mol. The van der Waals surface area contributed by atoms with Crippen molar-refractivity contribution in [3.8, 4) is 0 Å². The van der Waals surface area contributed by atoms with Crippen molar-refractivity contribution in [3.05, 3.63) is 36.5 Å². The Morgan fingerprint density at radius 2 is 2.00 bits per heavy atom. The van der Waals surface area contributed by atoms with Gasteiger partial charge in [0.25, 0.3) is 0 Å². The first-order valence-corrected chi connectivity index (χ1v) is 7.15. The first kappa shape index (κ1) is 12.5. The maximum atomic E-state index is 4.42. The normalized spacial score (nSPS) is 25.6. The van der Waals surface area contributed by atoms with Crippen LogP contribution in [0, 0.1) is 11.3 Å². The maximum Gasteiger partial charge on any atom is 0.0722 e. The molecule has 0 saturated heterocycles. The van der Waals surface area contributed by atoms with Crippen LogP contribution in [-0.4, -0.2) is 11.0 Å². The number of pyridine rings is 1. The lowest BCUT2D eigenvalue weighted by atomic mass is 9.91. The molecule has 1 aromatic carbocycles. The van der Waals surface area contributed by atoms with E-state index < -0.39 is 0 Å². The Labute approximate surface area is 115 Å². The van der Waals surface area contributed by atoms with Gasteiger partial charge in [0.1, 0.15) is 0 Å². The quantitative estimate of drug-likeness (QED) is 0.855. The lowest BCUT2D eigenvalue weighted by Gasteiger charge is -2.20. The summed E-state index contributed by atoms with van der Waals surface area (Å²) in [5.74, 6) is 0.724. The van der Waals surface area contributed by atoms with Gasteiger partial charge in [-0.3, -0.25) is 4.98 Å². The largest absolute Gasteiger partial charge is 0.381 e. The van der Waals surface area contributed by atoms with E-state index in [1.54, 1.807) is 0 Å². The van der Waals surface area contributed by atoms with Gasteiger partial charge >= 0.3 is 0 Å². The molecule has 2 unspecified atom stereocenters. The van der Waals surface area contributed by atoms with Crippen LogP contribution in [0.1, 0.15) is 33.6 Å². The highest BCUT2D eigenvalue weighted by Gasteiger charge is 2.36. The lowest BCUT2D eigenvalue weighted by Crippen LogP contribution is -2.22. The minimum atomic E-state index is 0.458. The molecule has 0 radical (unpaired) electrons. The first-order chi connectivity index (χ1) is 9.05. The number of nitrogens with zero attached hydrogens (tertiary/aromatic N) is 1. The highest BCUT2D eigenvalue weighted by Crippen LogP contribution is 2.42. The fourth-order valence-electron chi connectivity index (χ4n) is 3.52. The topological polar surface area (TPSA) is 24.9 Å². The molecule has 1 heterocycles. The van der Waals surface area contributed by atoms with Crippen LogP contribution in [0.4, 0.5) is 5.69 Å². The van der Waals surface area contributed by atoms with Gasteiger partial charge in [0.2, 0.25) is 0 Å². The van der Waals surface area contributed by atoms with Gasteiger partial charge in [-0.1, -0.05) is 26.8 Å². The first-order valence-electron chi connectivity index (χ1n) is 7.15. The van der Waals surface area contributed by atoms with Gasteiger partial charge in [0.05, 0.1) is 5.52 Å². The Morgan fingerprint density at radius 3 is 2.74 bits per heavy atom. The fraction of sp³-hybridized carbons (Fsp3) is 0.471. The van der Waals surface area contributed by atoms with E-state index in [0.29, 0.717) is 11.5 Å². The summed E-state index contributed by atoms with van der Waals surface area (Å²) in [6.45, 7) is 7.10. The fourth-order valence-corrected chi connectivity index (χ4v) is 3.52. The number of hydrogen-bond donors (Lipinski definition) is 1. The van der Waals surface area contributed by atoms with E-state index in [1.807, 2.05) is 12.3 Å². The Kier molecular flexibility index (Phi) is 2.96. The van der Waals surface area contributed by atoms with Gasteiger partial charge in [-0.25, -0.2) is 0 Å². The number of rotatable bonds is 2. The van der Waals surface area contributed by atoms with E-state index in [1.165, 1.54) is 23.9 Å². The van der Waals surface area contributed by atoms with E-state index >= 15 is 0 Å². The number of fused-ring (bicyclic) bond motifs is 1. The number of anilines is 1. The van der Waals surface area contributed by atoms with Crippen molar-refractivity contribution in [1.29, 1.82) is 0 Å². The van der Waals surface area contributed by atoms with E-state index in [-0.39, 0.29) is 0 Å². The van der Waals surface area contributed by atoms with E-state index in [2.05, 4.69) is 55.3 Å². The number of hydrogen-bond acceptors (Lipinski definition) is 2. The number of benzene rings is 1. The zero-order valence-electron chi connectivity index (χ0n) is 12.0. The van der Waals surface area contributed by atoms with Crippen LogP contribution in [0.15, 0.2) is 36.5 Å². The Morgan fingerprint density at radius 1 is 1.16 bits per heavy atom. The minimum absolute atomic E-state index is 0.458. The molecule has 1 aromatic heterocycles. The molecule has 1 fully saturated rings. The molecule has 100 valence electrons. The number of aromatic nitrogens is 1. The summed E-state index contributed by atoms with van der Waals surface area (Å²) in [6.07, 6.45) is 4.39. The third kappa shape index (κ3) is 2.44. The van der Waals surface area contributed by atoms with Gasteiger partial charge in [0, 0.05) is 23.3 Å². The summed E-state index contributed by atoms with van der Waals surface area (Å²) < 4.78 is 0. The summed E-state index contributed by atoms with van der Waals surface area (Å²) in [4.78, 5) is 4.42. The zero-order valence-corrected chi connectivity index (χ0v) is 12.0. The van der Waals surface area contributed by atoms with Crippen LogP contribution >= 0.6 is 0 Å². The molecule has 0 bridgehead atoms. The van der Waals surface area contributed by atoms with Crippen LogP contribution in [0.25, 0.3) is 10.9 Å². The van der Waals surface area contributed by atoms with Crippen LogP contribution in [0.5, 0.6) is 0 Å². The summed E-state index contributed by atoms with van der Waals surface area (Å²) >= 11 is 0. The highest BCUT2D eigenvalue weighted by atomic mass is 14.9. The molecule has 0 aliphatic heterocycles. The van der Waals surface area contributed by atoms with Gasteiger partial charge in [-0.15, -0.1) is 0 Å². The average Bonchev–Trinajstić information content (AvgIpc) is 2.63. The van der Waals surface area contributed by atoms with E-state index in [0.717, 1.165) is 11.4 Å². The van der Waals surface area contributed by atoms with Crippen molar-refractivity contribution in [2.24, 2.45) is 11.3 Å². The van der Waals surface area contributed by atoms with Crippen molar-refractivity contribution in [2.45, 2.75) is 39.7 Å². The lowest BCUT2D eigenvalue weighted by molar-refractivity contribution is 0.366. The molecular formula is C17H22N2. The van der Waals surface area contributed by atoms with Crippen molar-refractivity contribution in [1.82, 2.24) is 4.98 Å². The maximum absolute atomic E-state index is 4.42. The smallest absolute Gasteiger partial charge is 0.0722 e. The minimum Gasteiger partial charge on any atom is -0.381 e. The Balaban J connectivity index is 1.90. The van der Waals surface area contributed by atoms with Crippen LogP contribution in [0.2, 0.25) is 0 Å². The molecule has 3 rings (SSSR count). The summed E-state index contributed by atoms with van der Waals surface area (Å²) in [5.41, 5.74) is 2.75. The van der Waals surface area contributed by atoms with Crippen molar-refractivity contribution >= 4 is 16.6 Å². The molecule has 0 spiro atoms. The molecule has 1 saturated carbocycles. The third-order valence-electron chi connectivity index (χ3n) is 4.32. The van der Waals surface area contributed by atoms with Crippen LogP contribution < -0.4 is 5.32 Å². The molecular weight excluding hydrogens is 232 g/mol. The van der Waals surface area contributed by atoms with Gasteiger partial charge in [-0.05, 0) is 48.4 Å². The molecule has 0 amide bonds. The summed E-state index contributed by atoms with van der Waals surface area (Å²) in [7, 11) is 0. The van der Waals surface area contributed by atoms with Crippen LogP contribution in [-0.2, 0) is 0 Å². The SMILES string of the molecule is CC1CC(C)(C)CC1Nc1cccc2ncccc12. The van der Waals surface area contributed by atoms with E-state index in [9.17, 15) is 0 Å². The molecule has 1 N–H and O–H groups in total. The molecule has 1 aliphatic rings. The molecule has 2 nitrogen and oxygen atoms in total. The van der Waals surface area contributed by atoms with Crippen molar-refractivity contribution in [3.63, 3.8) is 0 Å². The molecule has 19 heavy (non-hydrogen) atoms. The highest BCUT2D eigenvalue weighted by molar-refractivity contribution is 5.91. The van der Waals surface area contributed by atoms with E-state index in [4.69, 9.17) is 0 Å². The van der Waals surface area contributed by atoms with Gasteiger partial charge < -0.3 is 5.32 Å². The second-order valence-electron chi connectivity index (χ2n) is 6.68. The predicted molar refractivity (Wildman–Crippen MR) is 81.3 cm³/mol. The van der Waals surface area contributed by atoms with Crippen molar-refractivity contribution in [2.75, 3.05) is 5.32 Å². The standard InChI is InChI=1S/C17H22N2/c1-12-10-17(2,3)11-16(12)19-15-8-4-7-14-13(15)6-5-9-18-14/h4-9,12,16,19H,10-11H2,1-3H3. The summed E-state index contributed by atoms with van der Waals surface area (Å²) in [6, 6.07) is 11.1. The Bertz CT molecular complexity index is 583.